The number of anilines is 2. The molecule has 0 spiro atoms. The Hall–Kier alpha value is -2.18. The van der Waals surface area contributed by atoms with Crippen molar-refractivity contribution in [3.8, 4) is 11.3 Å². The van der Waals surface area contributed by atoms with Crippen LogP contribution in [0.1, 0.15) is 16.6 Å². The van der Waals surface area contributed by atoms with E-state index in [2.05, 4.69) is 15.6 Å². The van der Waals surface area contributed by atoms with Crippen LogP contribution in [-0.4, -0.2) is 17.4 Å². The number of nitrogens with zero attached hydrogens (tertiary/aromatic N) is 1. The van der Waals surface area contributed by atoms with E-state index in [1.165, 1.54) is 11.3 Å². The zero-order valence-corrected chi connectivity index (χ0v) is 13.6. The highest BCUT2D eigenvalue weighted by atomic mass is 32.1. The molecule has 0 aliphatic rings. The molecule has 22 heavy (non-hydrogen) atoms. The van der Waals surface area contributed by atoms with Crippen LogP contribution in [0.5, 0.6) is 0 Å². The number of aromatic nitrogens is 1. The monoisotopic (exact) mass is 329 g/mol. The number of carbonyl (C=O) groups is 1. The van der Waals surface area contributed by atoms with Crippen LogP contribution in [0.25, 0.3) is 11.3 Å². The molecule has 0 aliphatic carbocycles. The van der Waals surface area contributed by atoms with Crippen molar-refractivity contribution in [2.75, 3.05) is 17.2 Å². The standard InChI is InChI=1S/C16H15N3OS2/c1-2-17-16-19-13(10-22-16)11-5-3-6-12(9-11)18-15(20)14-7-4-8-21-14/h3-10H,2H2,1H3,(H,17,19)(H,18,20). The molecular formula is C16H15N3OS2. The number of nitrogens with one attached hydrogen (secondary N) is 2. The van der Waals surface area contributed by atoms with Crippen LogP contribution >= 0.6 is 22.7 Å². The lowest BCUT2D eigenvalue weighted by molar-refractivity contribution is 0.103. The zero-order valence-electron chi connectivity index (χ0n) is 12.0. The predicted molar refractivity (Wildman–Crippen MR) is 94.0 cm³/mol. The predicted octanol–water partition coefficient (Wildman–Crippen LogP) is 4.56. The fraction of sp³-hybridized carbons (Fsp3) is 0.125. The van der Waals surface area contributed by atoms with Crippen LogP contribution in [-0.2, 0) is 0 Å². The molecule has 2 heterocycles. The maximum atomic E-state index is 12.1. The lowest BCUT2D eigenvalue weighted by atomic mass is 10.1. The van der Waals surface area contributed by atoms with E-state index in [0.29, 0.717) is 4.88 Å². The van der Waals surface area contributed by atoms with Gasteiger partial charge < -0.3 is 10.6 Å². The SMILES string of the molecule is CCNc1nc(-c2cccc(NC(=O)c3cccs3)c2)cs1. The summed E-state index contributed by atoms with van der Waals surface area (Å²) in [7, 11) is 0. The molecule has 0 bridgehead atoms. The summed E-state index contributed by atoms with van der Waals surface area (Å²) in [6.07, 6.45) is 0. The molecule has 2 N–H and O–H groups in total. The van der Waals surface area contributed by atoms with E-state index < -0.39 is 0 Å². The molecule has 6 heteroatoms. The van der Waals surface area contributed by atoms with Crippen molar-refractivity contribution in [3.63, 3.8) is 0 Å². The Labute approximate surface area is 136 Å². The average Bonchev–Trinajstić information content (AvgIpc) is 3.19. The van der Waals surface area contributed by atoms with Gasteiger partial charge in [-0.25, -0.2) is 4.98 Å². The summed E-state index contributed by atoms with van der Waals surface area (Å²) < 4.78 is 0. The molecule has 4 nitrogen and oxygen atoms in total. The maximum absolute atomic E-state index is 12.1. The van der Waals surface area contributed by atoms with E-state index in [0.717, 1.165) is 28.6 Å². The molecule has 3 aromatic rings. The molecule has 0 aliphatic heterocycles. The summed E-state index contributed by atoms with van der Waals surface area (Å²) in [5, 5.41) is 10.9. The molecule has 0 saturated heterocycles. The summed E-state index contributed by atoms with van der Waals surface area (Å²) in [6, 6.07) is 11.4. The fourth-order valence-electron chi connectivity index (χ4n) is 2.00. The minimum atomic E-state index is -0.0845. The summed E-state index contributed by atoms with van der Waals surface area (Å²) in [5.74, 6) is -0.0845. The Bertz CT molecular complexity index is 765. The smallest absolute Gasteiger partial charge is 0.265 e. The Kier molecular flexibility index (Phi) is 4.50. The largest absolute Gasteiger partial charge is 0.362 e. The number of rotatable bonds is 5. The van der Waals surface area contributed by atoms with Gasteiger partial charge >= 0.3 is 0 Å². The second kappa shape index (κ2) is 6.72. The first-order valence-electron chi connectivity index (χ1n) is 6.91. The number of hydrogen-bond donors (Lipinski definition) is 2. The van der Waals surface area contributed by atoms with Crippen LogP contribution in [0.15, 0.2) is 47.2 Å². The first-order valence-corrected chi connectivity index (χ1v) is 8.67. The van der Waals surface area contributed by atoms with Gasteiger partial charge in [0.2, 0.25) is 0 Å². The third-order valence-electron chi connectivity index (χ3n) is 2.99. The van der Waals surface area contributed by atoms with Crippen LogP contribution in [0, 0.1) is 0 Å². The number of thiophene rings is 1. The minimum absolute atomic E-state index is 0.0845. The Morgan fingerprint density at radius 1 is 1.23 bits per heavy atom. The number of thiazole rings is 1. The van der Waals surface area contributed by atoms with Gasteiger partial charge in [-0.05, 0) is 30.5 Å². The van der Waals surface area contributed by atoms with E-state index in [1.54, 1.807) is 11.3 Å². The molecule has 0 atom stereocenters. The lowest BCUT2D eigenvalue weighted by Crippen LogP contribution is -2.09. The van der Waals surface area contributed by atoms with Gasteiger partial charge in [-0.1, -0.05) is 18.2 Å². The fourth-order valence-corrected chi connectivity index (χ4v) is 3.41. The van der Waals surface area contributed by atoms with Gasteiger partial charge in [0.25, 0.3) is 5.91 Å². The van der Waals surface area contributed by atoms with Crippen molar-refractivity contribution in [2.45, 2.75) is 6.92 Å². The third kappa shape index (κ3) is 3.35. The van der Waals surface area contributed by atoms with Crippen molar-refractivity contribution in [1.29, 1.82) is 0 Å². The van der Waals surface area contributed by atoms with Crippen LogP contribution in [0.3, 0.4) is 0 Å². The van der Waals surface area contributed by atoms with Crippen molar-refractivity contribution in [2.24, 2.45) is 0 Å². The first-order chi connectivity index (χ1) is 10.8. The van der Waals surface area contributed by atoms with E-state index in [4.69, 9.17) is 0 Å². The normalized spacial score (nSPS) is 10.4. The van der Waals surface area contributed by atoms with Crippen molar-refractivity contribution in [3.05, 3.63) is 52.0 Å². The van der Waals surface area contributed by atoms with Crippen molar-refractivity contribution >= 4 is 39.4 Å². The van der Waals surface area contributed by atoms with E-state index >= 15 is 0 Å². The van der Waals surface area contributed by atoms with E-state index in [-0.39, 0.29) is 5.91 Å². The summed E-state index contributed by atoms with van der Waals surface area (Å²) in [6.45, 7) is 2.89. The molecule has 0 saturated carbocycles. The van der Waals surface area contributed by atoms with Crippen LogP contribution in [0.2, 0.25) is 0 Å². The van der Waals surface area contributed by atoms with E-state index in [1.807, 2.05) is 54.1 Å². The van der Waals surface area contributed by atoms with Crippen LogP contribution in [0.4, 0.5) is 10.8 Å². The lowest BCUT2D eigenvalue weighted by Gasteiger charge is -2.05. The molecule has 1 amide bonds. The first kappa shape index (κ1) is 14.7. The molecule has 3 rings (SSSR count). The van der Waals surface area contributed by atoms with Gasteiger partial charge in [0, 0.05) is 23.2 Å². The average molecular weight is 329 g/mol. The molecule has 1 aromatic carbocycles. The molecule has 0 fully saturated rings. The highest BCUT2D eigenvalue weighted by Crippen LogP contribution is 2.27. The highest BCUT2D eigenvalue weighted by Gasteiger charge is 2.09. The molecule has 0 unspecified atom stereocenters. The molecular weight excluding hydrogens is 314 g/mol. The van der Waals surface area contributed by atoms with Crippen molar-refractivity contribution in [1.82, 2.24) is 4.98 Å². The molecule has 0 radical (unpaired) electrons. The van der Waals surface area contributed by atoms with Gasteiger partial charge in [-0.2, -0.15) is 0 Å². The Morgan fingerprint density at radius 2 is 2.14 bits per heavy atom. The number of hydrogen-bond acceptors (Lipinski definition) is 5. The second-order valence-corrected chi connectivity index (χ2v) is 6.39. The third-order valence-corrected chi connectivity index (χ3v) is 4.66. The number of carbonyl (C=O) groups excluding carboxylic acids is 1. The Morgan fingerprint density at radius 3 is 2.91 bits per heavy atom. The maximum Gasteiger partial charge on any atom is 0.265 e. The second-order valence-electron chi connectivity index (χ2n) is 4.58. The molecule has 2 aromatic heterocycles. The van der Waals surface area contributed by atoms with E-state index in [9.17, 15) is 4.79 Å². The summed E-state index contributed by atoms with van der Waals surface area (Å²) in [4.78, 5) is 17.3. The quantitative estimate of drug-likeness (QED) is 0.722. The summed E-state index contributed by atoms with van der Waals surface area (Å²) >= 11 is 3.01. The Balaban J connectivity index is 1.78. The number of amides is 1. The van der Waals surface area contributed by atoms with Gasteiger partial charge in [-0.15, -0.1) is 22.7 Å². The van der Waals surface area contributed by atoms with Gasteiger partial charge in [0.05, 0.1) is 10.6 Å². The highest BCUT2D eigenvalue weighted by molar-refractivity contribution is 7.14. The summed E-state index contributed by atoms with van der Waals surface area (Å²) in [5.41, 5.74) is 2.67. The van der Waals surface area contributed by atoms with Gasteiger partial charge in [0.1, 0.15) is 0 Å². The topological polar surface area (TPSA) is 54.0 Å². The zero-order chi connectivity index (χ0) is 15.4. The molecule has 112 valence electrons. The van der Waals surface area contributed by atoms with Crippen molar-refractivity contribution < 1.29 is 4.79 Å². The van der Waals surface area contributed by atoms with Gasteiger partial charge in [0.15, 0.2) is 5.13 Å². The van der Waals surface area contributed by atoms with Gasteiger partial charge in [-0.3, -0.25) is 4.79 Å². The number of benzene rings is 1. The van der Waals surface area contributed by atoms with Crippen LogP contribution < -0.4 is 10.6 Å². The minimum Gasteiger partial charge on any atom is -0.362 e.